The number of anilines is 4. The van der Waals surface area contributed by atoms with Crippen LogP contribution in [0.1, 0.15) is 16.7 Å². The van der Waals surface area contributed by atoms with Gasteiger partial charge in [0.25, 0.3) is 0 Å². The molecular weight excluding hydrogens is 322 g/mol. The van der Waals surface area contributed by atoms with Crippen LogP contribution in [0.2, 0.25) is 5.02 Å². The highest BCUT2D eigenvalue weighted by Gasteiger charge is 2.06. The van der Waals surface area contributed by atoms with Crippen molar-refractivity contribution in [3.63, 3.8) is 0 Å². The molecule has 0 atom stereocenters. The first-order valence-electron chi connectivity index (χ1n) is 7.58. The molecule has 0 bridgehead atoms. The highest BCUT2D eigenvalue weighted by atomic mass is 35.5. The molecule has 0 amide bonds. The maximum Gasteiger partial charge on any atom is 0.249 e. The van der Waals surface area contributed by atoms with Gasteiger partial charge in [0.2, 0.25) is 5.95 Å². The van der Waals surface area contributed by atoms with Gasteiger partial charge in [-0.2, -0.15) is 10.1 Å². The number of halogens is 1. The van der Waals surface area contributed by atoms with Crippen molar-refractivity contribution in [1.82, 2.24) is 15.2 Å². The number of hydrogen-bond acceptors (Lipinski definition) is 5. The normalized spacial score (nSPS) is 10.5. The summed E-state index contributed by atoms with van der Waals surface area (Å²) in [4.78, 5) is 4.47. The minimum absolute atomic E-state index is 0.438. The van der Waals surface area contributed by atoms with Gasteiger partial charge >= 0.3 is 0 Å². The number of aromatic nitrogens is 3. The van der Waals surface area contributed by atoms with Crippen molar-refractivity contribution in [3.8, 4) is 0 Å². The third-order valence-electron chi connectivity index (χ3n) is 3.66. The van der Waals surface area contributed by atoms with E-state index in [4.69, 9.17) is 11.6 Å². The van der Waals surface area contributed by atoms with Crippen LogP contribution in [-0.2, 0) is 0 Å². The van der Waals surface area contributed by atoms with Crippen molar-refractivity contribution in [2.45, 2.75) is 20.8 Å². The third kappa shape index (κ3) is 3.81. The summed E-state index contributed by atoms with van der Waals surface area (Å²) in [5.41, 5.74) is 5.21. The average Bonchev–Trinajstić information content (AvgIpc) is 2.55. The van der Waals surface area contributed by atoms with E-state index in [1.165, 1.54) is 5.56 Å². The predicted octanol–water partition coefficient (Wildman–Crippen LogP) is 4.94. The lowest BCUT2D eigenvalue weighted by atomic mass is 10.1. The van der Waals surface area contributed by atoms with Crippen molar-refractivity contribution in [2.75, 3.05) is 10.6 Å². The van der Waals surface area contributed by atoms with Gasteiger partial charge in [-0.15, -0.1) is 5.10 Å². The van der Waals surface area contributed by atoms with Crippen LogP contribution < -0.4 is 10.6 Å². The van der Waals surface area contributed by atoms with Gasteiger partial charge < -0.3 is 10.6 Å². The van der Waals surface area contributed by atoms with Crippen molar-refractivity contribution >= 4 is 34.7 Å². The monoisotopic (exact) mass is 339 g/mol. The Bertz CT molecular complexity index is 810. The minimum Gasteiger partial charge on any atom is -0.339 e. The second-order valence-electron chi connectivity index (χ2n) is 5.69. The molecule has 0 spiro atoms. The van der Waals surface area contributed by atoms with E-state index >= 15 is 0 Å². The zero-order valence-corrected chi connectivity index (χ0v) is 14.5. The standard InChI is InChI=1S/C18H18ClN5/c1-11-4-5-12(2)15(8-11)22-18-23-17(10-20-24-18)21-16-9-14(19)7-6-13(16)3/h4-10H,1-3H3,(H2,21,22,23,24). The fraction of sp³-hybridized carbons (Fsp3) is 0.167. The Morgan fingerprint density at radius 1 is 0.875 bits per heavy atom. The van der Waals surface area contributed by atoms with Crippen molar-refractivity contribution in [3.05, 3.63) is 64.3 Å². The SMILES string of the molecule is Cc1ccc(C)c(Nc2nncc(Nc3cc(Cl)ccc3C)n2)c1. The van der Waals surface area contributed by atoms with Gasteiger partial charge in [0.05, 0.1) is 6.20 Å². The Labute approximate surface area is 146 Å². The summed E-state index contributed by atoms with van der Waals surface area (Å²) < 4.78 is 0. The molecule has 0 saturated heterocycles. The largest absolute Gasteiger partial charge is 0.339 e. The molecule has 6 heteroatoms. The molecule has 24 heavy (non-hydrogen) atoms. The molecule has 2 N–H and O–H groups in total. The summed E-state index contributed by atoms with van der Waals surface area (Å²) in [6.45, 7) is 6.08. The maximum atomic E-state index is 6.05. The second kappa shape index (κ2) is 6.84. The molecule has 0 aliphatic carbocycles. The lowest BCUT2D eigenvalue weighted by Gasteiger charge is -2.11. The Morgan fingerprint density at radius 3 is 2.38 bits per heavy atom. The molecule has 122 valence electrons. The van der Waals surface area contributed by atoms with Crippen molar-refractivity contribution in [2.24, 2.45) is 0 Å². The fourth-order valence-corrected chi connectivity index (χ4v) is 2.45. The number of rotatable bonds is 4. The van der Waals surface area contributed by atoms with E-state index in [2.05, 4.69) is 44.0 Å². The molecule has 1 aromatic heterocycles. The maximum absolute atomic E-state index is 6.05. The molecule has 0 fully saturated rings. The molecule has 3 rings (SSSR count). The van der Waals surface area contributed by atoms with E-state index in [0.29, 0.717) is 16.8 Å². The number of nitrogens with one attached hydrogen (secondary N) is 2. The van der Waals surface area contributed by atoms with Gasteiger partial charge in [-0.3, -0.25) is 0 Å². The van der Waals surface area contributed by atoms with Gasteiger partial charge in [0, 0.05) is 16.4 Å². The smallest absolute Gasteiger partial charge is 0.249 e. The fourth-order valence-electron chi connectivity index (χ4n) is 2.27. The van der Waals surface area contributed by atoms with Crippen LogP contribution in [-0.4, -0.2) is 15.2 Å². The third-order valence-corrected chi connectivity index (χ3v) is 3.90. The quantitative estimate of drug-likeness (QED) is 0.705. The van der Waals surface area contributed by atoms with Gasteiger partial charge in [-0.25, -0.2) is 0 Å². The first kappa shape index (κ1) is 16.2. The average molecular weight is 340 g/mol. The summed E-state index contributed by atoms with van der Waals surface area (Å²) in [6.07, 6.45) is 1.58. The number of aryl methyl sites for hydroxylation is 3. The van der Waals surface area contributed by atoms with Gasteiger partial charge in [-0.05, 0) is 55.7 Å². The molecule has 0 radical (unpaired) electrons. The molecule has 0 unspecified atom stereocenters. The van der Waals surface area contributed by atoms with Crippen LogP contribution in [0.5, 0.6) is 0 Å². The summed E-state index contributed by atoms with van der Waals surface area (Å²) in [7, 11) is 0. The number of benzene rings is 2. The van der Waals surface area contributed by atoms with E-state index in [9.17, 15) is 0 Å². The molecule has 2 aromatic carbocycles. The van der Waals surface area contributed by atoms with Crippen LogP contribution in [0.3, 0.4) is 0 Å². The number of hydrogen-bond donors (Lipinski definition) is 2. The summed E-state index contributed by atoms with van der Waals surface area (Å²) in [5.74, 6) is 1.04. The molecule has 5 nitrogen and oxygen atoms in total. The Kier molecular flexibility index (Phi) is 4.62. The summed E-state index contributed by atoms with van der Waals surface area (Å²) in [5, 5.41) is 15.2. The van der Waals surface area contributed by atoms with Gasteiger partial charge in [0.15, 0.2) is 5.82 Å². The van der Waals surface area contributed by atoms with Crippen LogP contribution >= 0.6 is 11.6 Å². The summed E-state index contributed by atoms with van der Waals surface area (Å²) in [6, 6.07) is 11.8. The zero-order chi connectivity index (χ0) is 17.1. The summed E-state index contributed by atoms with van der Waals surface area (Å²) >= 11 is 6.05. The van der Waals surface area contributed by atoms with Crippen LogP contribution in [0.4, 0.5) is 23.1 Å². The minimum atomic E-state index is 0.438. The van der Waals surface area contributed by atoms with E-state index in [1.807, 2.05) is 39.0 Å². The molecular formula is C18H18ClN5. The zero-order valence-electron chi connectivity index (χ0n) is 13.8. The highest BCUT2D eigenvalue weighted by molar-refractivity contribution is 6.30. The first-order valence-corrected chi connectivity index (χ1v) is 7.96. The van der Waals surface area contributed by atoms with Gasteiger partial charge in [-0.1, -0.05) is 29.8 Å². The van der Waals surface area contributed by atoms with Crippen molar-refractivity contribution in [1.29, 1.82) is 0 Å². The Hall–Kier alpha value is -2.66. The van der Waals surface area contributed by atoms with Crippen LogP contribution in [0.15, 0.2) is 42.6 Å². The van der Waals surface area contributed by atoms with Crippen molar-refractivity contribution < 1.29 is 0 Å². The lowest BCUT2D eigenvalue weighted by molar-refractivity contribution is 0.981. The number of nitrogens with zero attached hydrogens (tertiary/aromatic N) is 3. The molecule has 0 aliphatic heterocycles. The molecule has 0 aliphatic rings. The molecule has 0 saturated carbocycles. The van der Waals surface area contributed by atoms with E-state index in [0.717, 1.165) is 22.5 Å². The van der Waals surface area contributed by atoms with Gasteiger partial charge in [0.1, 0.15) is 0 Å². The van der Waals surface area contributed by atoms with E-state index < -0.39 is 0 Å². The predicted molar refractivity (Wildman–Crippen MR) is 98.5 cm³/mol. The van der Waals surface area contributed by atoms with Crippen LogP contribution in [0.25, 0.3) is 0 Å². The second-order valence-corrected chi connectivity index (χ2v) is 6.13. The highest BCUT2D eigenvalue weighted by Crippen LogP contribution is 2.24. The van der Waals surface area contributed by atoms with E-state index in [1.54, 1.807) is 6.20 Å². The van der Waals surface area contributed by atoms with Crippen LogP contribution in [0, 0.1) is 20.8 Å². The molecule has 1 heterocycles. The molecule has 3 aromatic rings. The Morgan fingerprint density at radius 2 is 1.58 bits per heavy atom. The topological polar surface area (TPSA) is 62.7 Å². The lowest BCUT2D eigenvalue weighted by Crippen LogP contribution is -2.04. The van der Waals surface area contributed by atoms with E-state index in [-0.39, 0.29) is 0 Å². The Balaban J connectivity index is 1.84. The first-order chi connectivity index (χ1) is 11.5.